The maximum absolute atomic E-state index is 13.0. The molecule has 2 aliphatic rings. The first kappa shape index (κ1) is 20.6. The summed E-state index contributed by atoms with van der Waals surface area (Å²) in [6.07, 6.45) is 7.60. The van der Waals surface area contributed by atoms with Crippen LogP contribution in [0.3, 0.4) is 0 Å². The van der Waals surface area contributed by atoms with Crippen LogP contribution in [-0.2, 0) is 23.3 Å². The number of unbranched alkanes of at least 4 members (excludes halogenated alkanes) is 1. The normalized spacial score (nSPS) is 21.1. The summed E-state index contributed by atoms with van der Waals surface area (Å²) in [5.41, 5.74) is 0. The molecule has 3 rings (SSSR count). The molecule has 0 atom stereocenters. The standard InChI is InChI=1S/C17H33N7O2S/c1-3-4-10-24-17(18-19-20-24)15-22-11-13-23(14-12-22)27(25,26)21(2)16-8-6-5-7-9-16/h16H,3-15H2,1-2H3. The van der Waals surface area contributed by atoms with Crippen LogP contribution in [0.4, 0.5) is 0 Å². The first-order valence-corrected chi connectivity index (χ1v) is 11.6. The van der Waals surface area contributed by atoms with Crippen LogP contribution in [-0.4, -0.2) is 81.4 Å². The van der Waals surface area contributed by atoms with Crippen molar-refractivity contribution in [1.82, 2.24) is 33.7 Å². The average Bonchev–Trinajstić information content (AvgIpc) is 3.13. The smallest absolute Gasteiger partial charge is 0.282 e. The lowest BCUT2D eigenvalue weighted by molar-refractivity contribution is 0.165. The van der Waals surface area contributed by atoms with Gasteiger partial charge in [0.2, 0.25) is 0 Å². The molecule has 0 unspecified atom stereocenters. The average molecular weight is 400 g/mol. The number of tetrazole rings is 1. The molecule has 27 heavy (non-hydrogen) atoms. The van der Waals surface area contributed by atoms with E-state index in [9.17, 15) is 8.42 Å². The van der Waals surface area contributed by atoms with Crippen molar-refractivity contribution in [2.45, 2.75) is 71.0 Å². The van der Waals surface area contributed by atoms with Gasteiger partial charge in [-0.25, -0.2) is 4.68 Å². The predicted octanol–water partition coefficient (Wildman–Crippen LogP) is 1.10. The number of aromatic nitrogens is 4. The fraction of sp³-hybridized carbons (Fsp3) is 0.941. The molecule has 1 aromatic heterocycles. The Balaban J connectivity index is 1.53. The molecular weight excluding hydrogens is 366 g/mol. The fourth-order valence-corrected chi connectivity index (χ4v) is 5.53. The Kier molecular flexibility index (Phi) is 7.18. The number of nitrogens with zero attached hydrogens (tertiary/aromatic N) is 7. The minimum atomic E-state index is -3.37. The summed E-state index contributed by atoms with van der Waals surface area (Å²) in [7, 11) is -1.62. The second kappa shape index (κ2) is 9.40. The van der Waals surface area contributed by atoms with Crippen molar-refractivity contribution >= 4 is 10.2 Å². The summed E-state index contributed by atoms with van der Waals surface area (Å²) in [5, 5.41) is 12.0. The fourth-order valence-electron chi connectivity index (χ4n) is 3.95. The summed E-state index contributed by atoms with van der Waals surface area (Å²) in [5.74, 6) is 0.860. The number of rotatable bonds is 8. The summed E-state index contributed by atoms with van der Waals surface area (Å²) in [6.45, 7) is 6.11. The van der Waals surface area contributed by atoms with Crippen LogP contribution in [0, 0.1) is 0 Å². The molecule has 2 fully saturated rings. The Labute approximate surface area is 162 Å². The molecule has 0 spiro atoms. The summed E-state index contributed by atoms with van der Waals surface area (Å²) in [6, 6.07) is 0.157. The minimum Gasteiger partial charge on any atom is -0.293 e. The van der Waals surface area contributed by atoms with Gasteiger partial charge < -0.3 is 0 Å². The Morgan fingerprint density at radius 3 is 2.48 bits per heavy atom. The molecule has 1 saturated heterocycles. The van der Waals surface area contributed by atoms with E-state index in [1.54, 1.807) is 15.7 Å². The molecule has 0 N–H and O–H groups in total. The third-order valence-corrected chi connectivity index (χ3v) is 7.85. The number of hydrogen-bond acceptors (Lipinski definition) is 6. The van der Waals surface area contributed by atoms with Gasteiger partial charge in [-0.05, 0) is 29.7 Å². The molecule has 154 valence electrons. The van der Waals surface area contributed by atoms with Gasteiger partial charge in [0.25, 0.3) is 10.2 Å². The van der Waals surface area contributed by atoms with Crippen molar-refractivity contribution in [3.63, 3.8) is 0 Å². The molecule has 0 amide bonds. The highest BCUT2D eigenvalue weighted by Gasteiger charge is 2.34. The van der Waals surface area contributed by atoms with E-state index in [-0.39, 0.29) is 6.04 Å². The second-order valence-electron chi connectivity index (χ2n) is 7.66. The van der Waals surface area contributed by atoms with Crippen molar-refractivity contribution < 1.29 is 8.42 Å². The summed E-state index contributed by atoms with van der Waals surface area (Å²) in [4.78, 5) is 2.24. The van der Waals surface area contributed by atoms with Crippen LogP contribution in [0.25, 0.3) is 0 Å². The van der Waals surface area contributed by atoms with E-state index < -0.39 is 10.2 Å². The molecule has 9 nitrogen and oxygen atoms in total. The van der Waals surface area contributed by atoms with Gasteiger partial charge in [-0.1, -0.05) is 32.6 Å². The predicted molar refractivity (Wildman–Crippen MR) is 103 cm³/mol. The highest BCUT2D eigenvalue weighted by atomic mass is 32.2. The van der Waals surface area contributed by atoms with Gasteiger partial charge in [-0.2, -0.15) is 17.0 Å². The monoisotopic (exact) mass is 399 g/mol. The quantitative estimate of drug-likeness (QED) is 0.650. The van der Waals surface area contributed by atoms with Crippen LogP contribution in [0.1, 0.15) is 57.7 Å². The molecule has 0 bridgehead atoms. The van der Waals surface area contributed by atoms with E-state index in [0.717, 1.165) is 50.9 Å². The lowest BCUT2D eigenvalue weighted by atomic mass is 9.96. The minimum absolute atomic E-state index is 0.157. The second-order valence-corrected chi connectivity index (χ2v) is 9.65. The SMILES string of the molecule is CCCCn1nnnc1CN1CCN(S(=O)(=O)N(C)C2CCCCC2)CC1. The molecule has 10 heteroatoms. The van der Waals surface area contributed by atoms with E-state index >= 15 is 0 Å². The van der Waals surface area contributed by atoms with Crippen molar-refractivity contribution in [3.05, 3.63) is 5.82 Å². The zero-order chi connectivity index (χ0) is 19.3. The van der Waals surface area contributed by atoms with Gasteiger partial charge in [-0.3, -0.25) is 4.90 Å². The molecule has 0 radical (unpaired) electrons. The van der Waals surface area contributed by atoms with Crippen LogP contribution >= 0.6 is 0 Å². The third kappa shape index (κ3) is 5.04. The zero-order valence-corrected chi connectivity index (χ0v) is 17.4. The zero-order valence-electron chi connectivity index (χ0n) is 16.6. The Morgan fingerprint density at radius 1 is 1.11 bits per heavy atom. The molecule has 1 aromatic rings. The number of hydrogen-bond donors (Lipinski definition) is 0. The summed E-state index contributed by atoms with van der Waals surface area (Å²) < 4.78 is 31.1. The van der Waals surface area contributed by atoms with E-state index in [4.69, 9.17) is 0 Å². The van der Waals surface area contributed by atoms with Gasteiger partial charge in [0.05, 0.1) is 6.54 Å². The maximum Gasteiger partial charge on any atom is 0.282 e. The van der Waals surface area contributed by atoms with Gasteiger partial charge in [0.15, 0.2) is 5.82 Å². The Bertz CT molecular complexity index is 679. The van der Waals surface area contributed by atoms with Gasteiger partial charge in [0.1, 0.15) is 0 Å². The largest absolute Gasteiger partial charge is 0.293 e. The van der Waals surface area contributed by atoms with Gasteiger partial charge in [0, 0.05) is 45.8 Å². The lowest BCUT2D eigenvalue weighted by Gasteiger charge is -2.38. The lowest BCUT2D eigenvalue weighted by Crippen LogP contribution is -2.54. The first-order chi connectivity index (χ1) is 13.0. The third-order valence-electron chi connectivity index (χ3n) is 5.80. The van der Waals surface area contributed by atoms with Crippen molar-refractivity contribution in [1.29, 1.82) is 0 Å². The molecule has 2 heterocycles. The van der Waals surface area contributed by atoms with Crippen molar-refractivity contribution in [3.8, 4) is 0 Å². The van der Waals surface area contributed by atoms with Crippen molar-refractivity contribution in [2.75, 3.05) is 33.2 Å². The molecule has 1 aliphatic heterocycles. The Morgan fingerprint density at radius 2 is 1.81 bits per heavy atom. The van der Waals surface area contributed by atoms with E-state index in [1.807, 2.05) is 4.68 Å². The topological polar surface area (TPSA) is 87.5 Å². The summed E-state index contributed by atoms with van der Waals surface area (Å²) >= 11 is 0. The maximum atomic E-state index is 13.0. The first-order valence-electron chi connectivity index (χ1n) is 10.2. The van der Waals surface area contributed by atoms with E-state index in [0.29, 0.717) is 32.7 Å². The number of aryl methyl sites for hydroxylation is 1. The number of piperazine rings is 1. The van der Waals surface area contributed by atoms with Crippen LogP contribution in [0.2, 0.25) is 0 Å². The van der Waals surface area contributed by atoms with E-state index in [1.165, 1.54) is 6.42 Å². The van der Waals surface area contributed by atoms with Crippen molar-refractivity contribution in [2.24, 2.45) is 0 Å². The molecular formula is C17H33N7O2S. The van der Waals surface area contributed by atoms with Crippen LogP contribution in [0.5, 0.6) is 0 Å². The van der Waals surface area contributed by atoms with Crippen LogP contribution in [0.15, 0.2) is 0 Å². The highest BCUT2D eigenvalue weighted by molar-refractivity contribution is 7.86. The van der Waals surface area contributed by atoms with E-state index in [2.05, 4.69) is 27.3 Å². The molecule has 1 aliphatic carbocycles. The molecule has 0 aromatic carbocycles. The Hall–Kier alpha value is -1.10. The highest BCUT2D eigenvalue weighted by Crippen LogP contribution is 2.25. The van der Waals surface area contributed by atoms with Crippen LogP contribution < -0.4 is 0 Å². The van der Waals surface area contributed by atoms with Gasteiger partial charge in [-0.15, -0.1) is 5.10 Å². The van der Waals surface area contributed by atoms with Gasteiger partial charge >= 0.3 is 0 Å². The molecule has 1 saturated carbocycles.